The quantitative estimate of drug-likeness (QED) is 0.607. The van der Waals surface area contributed by atoms with Crippen LogP contribution in [-0.2, 0) is 16.0 Å². The molecule has 0 saturated carbocycles. The van der Waals surface area contributed by atoms with Crippen molar-refractivity contribution < 1.29 is 19.5 Å². The number of rotatable bonds is 6. The van der Waals surface area contributed by atoms with E-state index in [2.05, 4.69) is 15.6 Å². The number of amides is 3. The van der Waals surface area contributed by atoms with Gasteiger partial charge in [0.15, 0.2) is 0 Å². The van der Waals surface area contributed by atoms with Crippen molar-refractivity contribution in [3.8, 4) is 0 Å². The van der Waals surface area contributed by atoms with E-state index in [1.165, 1.54) is 0 Å². The van der Waals surface area contributed by atoms with Gasteiger partial charge in [-0.3, -0.25) is 4.79 Å². The van der Waals surface area contributed by atoms with Crippen LogP contribution in [0.3, 0.4) is 0 Å². The zero-order chi connectivity index (χ0) is 19.9. The minimum absolute atomic E-state index is 0.134. The van der Waals surface area contributed by atoms with Crippen LogP contribution in [0.2, 0.25) is 0 Å². The van der Waals surface area contributed by atoms with Crippen molar-refractivity contribution in [1.29, 1.82) is 0 Å². The molecule has 8 heteroatoms. The average Bonchev–Trinajstić information content (AvgIpc) is 2.90. The SMILES string of the molecule is O=C(NCC(=O)N1CCCCCC1)N[C@@H](Cc1c[nH]c2ccccc12)C(=O)O. The van der Waals surface area contributed by atoms with Gasteiger partial charge in [-0.2, -0.15) is 0 Å². The predicted octanol–water partition coefficient (Wildman–Crippen LogP) is 1.87. The van der Waals surface area contributed by atoms with Crippen LogP contribution >= 0.6 is 0 Å². The molecule has 1 aromatic carbocycles. The van der Waals surface area contributed by atoms with Crippen molar-refractivity contribution in [2.24, 2.45) is 0 Å². The van der Waals surface area contributed by atoms with Crippen molar-refractivity contribution in [3.05, 3.63) is 36.0 Å². The summed E-state index contributed by atoms with van der Waals surface area (Å²) >= 11 is 0. The number of likely N-dealkylation sites (tertiary alicyclic amines) is 1. The Balaban J connectivity index is 1.54. The van der Waals surface area contributed by atoms with Crippen LogP contribution in [0.1, 0.15) is 31.2 Å². The van der Waals surface area contributed by atoms with Crippen LogP contribution in [0.25, 0.3) is 10.9 Å². The minimum Gasteiger partial charge on any atom is -0.480 e. The smallest absolute Gasteiger partial charge is 0.326 e. The van der Waals surface area contributed by atoms with Crippen LogP contribution in [-0.4, -0.2) is 58.6 Å². The lowest BCUT2D eigenvalue weighted by Gasteiger charge is -2.21. The fraction of sp³-hybridized carbons (Fsp3) is 0.450. The maximum absolute atomic E-state index is 12.2. The number of H-pyrrole nitrogens is 1. The van der Waals surface area contributed by atoms with Gasteiger partial charge in [-0.1, -0.05) is 31.0 Å². The molecule has 0 unspecified atom stereocenters. The molecule has 2 aromatic rings. The number of hydrogen-bond acceptors (Lipinski definition) is 3. The van der Waals surface area contributed by atoms with Gasteiger partial charge in [-0.15, -0.1) is 0 Å². The summed E-state index contributed by atoms with van der Waals surface area (Å²) < 4.78 is 0. The van der Waals surface area contributed by atoms with Crippen LogP contribution in [0, 0.1) is 0 Å². The van der Waals surface area contributed by atoms with Crippen molar-refractivity contribution >= 4 is 28.8 Å². The monoisotopic (exact) mass is 386 g/mol. The molecule has 0 radical (unpaired) electrons. The second kappa shape index (κ2) is 9.25. The Labute approximate surface area is 163 Å². The molecule has 28 heavy (non-hydrogen) atoms. The first-order valence-corrected chi connectivity index (χ1v) is 9.64. The van der Waals surface area contributed by atoms with Gasteiger partial charge in [-0.25, -0.2) is 9.59 Å². The number of aromatic amines is 1. The van der Waals surface area contributed by atoms with Gasteiger partial charge in [0.1, 0.15) is 6.04 Å². The Hall–Kier alpha value is -3.03. The van der Waals surface area contributed by atoms with Crippen LogP contribution in [0.4, 0.5) is 4.79 Å². The van der Waals surface area contributed by atoms with Gasteiger partial charge < -0.3 is 25.6 Å². The molecule has 0 spiro atoms. The van der Waals surface area contributed by atoms with E-state index >= 15 is 0 Å². The topological polar surface area (TPSA) is 115 Å². The number of benzene rings is 1. The normalized spacial score (nSPS) is 15.6. The third-order valence-corrected chi connectivity index (χ3v) is 5.06. The summed E-state index contributed by atoms with van der Waals surface area (Å²) in [5.41, 5.74) is 1.72. The van der Waals surface area contributed by atoms with E-state index < -0.39 is 18.0 Å². The summed E-state index contributed by atoms with van der Waals surface area (Å²) in [5, 5.41) is 15.3. The number of para-hydroxylation sites is 1. The first-order chi connectivity index (χ1) is 13.5. The number of nitrogens with one attached hydrogen (secondary N) is 3. The van der Waals surface area contributed by atoms with E-state index in [1.807, 2.05) is 24.3 Å². The molecular formula is C20H26N4O4. The Morgan fingerprint density at radius 1 is 1.11 bits per heavy atom. The van der Waals surface area contributed by atoms with E-state index in [9.17, 15) is 19.5 Å². The molecule has 3 rings (SSSR count). The minimum atomic E-state index is -1.13. The van der Waals surface area contributed by atoms with Crippen LogP contribution < -0.4 is 10.6 Å². The van der Waals surface area contributed by atoms with Crippen LogP contribution in [0.5, 0.6) is 0 Å². The summed E-state index contributed by atoms with van der Waals surface area (Å²) in [6.07, 6.45) is 6.08. The largest absolute Gasteiger partial charge is 0.480 e. The number of urea groups is 1. The second-order valence-corrected chi connectivity index (χ2v) is 7.08. The molecule has 1 aliphatic heterocycles. The molecule has 2 heterocycles. The highest BCUT2D eigenvalue weighted by Crippen LogP contribution is 2.19. The van der Waals surface area contributed by atoms with Gasteiger partial charge in [0.25, 0.3) is 0 Å². The Morgan fingerprint density at radius 3 is 2.54 bits per heavy atom. The number of carbonyl (C=O) groups is 3. The first-order valence-electron chi connectivity index (χ1n) is 9.64. The summed E-state index contributed by atoms with van der Waals surface area (Å²) in [6, 6.07) is 5.83. The Morgan fingerprint density at radius 2 is 1.82 bits per heavy atom. The molecule has 3 amide bonds. The van der Waals surface area contributed by atoms with Gasteiger partial charge >= 0.3 is 12.0 Å². The summed E-state index contributed by atoms with van der Waals surface area (Å²) in [5.74, 6) is -1.26. The maximum atomic E-state index is 12.2. The van der Waals surface area contributed by atoms with E-state index in [0.717, 1.165) is 42.1 Å². The van der Waals surface area contributed by atoms with E-state index in [1.54, 1.807) is 11.1 Å². The number of nitrogens with zero attached hydrogens (tertiary/aromatic N) is 1. The molecular weight excluding hydrogens is 360 g/mol. The summed E-state index contributed by atoms with van der Waals surface area (Å²) in [4.78, 5) is 40.8. The number of carboxylic acid groups (broad SMARTS) is 1. The molecule has 1 aliphatic rings. The van der Waals surface area contributed by atoms with E-state index in [0.29, 0.717) is 13.1 Å². The number of carboxylic acids is 1. The molecule has 4 N–H and O–H groups in total. The van der Waals surface area contributed by atoms with Gasteiger partial charge in [0.05, 0.1) is 6.54 Å². The highest BCUT2D eigenvalue weighted by Gasteiger charge is 2.23. The standard InChI is InChI=1S/C20H26N4O4/c25-18(24-9-5-1-2-6-10-24)13-22-20(28)23-17(19(26)27)11-14-12-21-16-8-4-3-7-15(14)16/h3-4,7-8,12,17,21H,1-2,5-6,9-11,13H2,(H,26,27)(H2,22,23,28)/t17-/m0/s1. The van der Waals surface area contributed by atoms with Gasteiger partial charge in [0, 0.05) is 36.6 Å². The summed E-state index contributed by atoms with van der Waals surface area (Å²) in [6.45, 7) is 1.28. The molecule has 1 atom stereocenters. The fourth-order valence-corrected chi connectivity index (χ4v) is 3.52. The second-order valence-electron chi connectivity index (χ2n) is 7.08. The number of aromatic nitrogens is 1. The number of hydrogen-bond donors (Lipinski definition) is 4. The van der Waals surface area contributed by atoms with Gasteiger partial charge in [0.2, 0.25) is 5.91 Å². The van der Waals surface area contributed by atoms with Crippen molar-refractivity contribution in [3.63, 3.8) is 0 Å². The molecule has 8 nitrogen and oxygen atoms in total. The summed E-state index contributed by atoms with van der Waals surface area (Å²) in [7, 11) is 0. The molecule has 1 saturated heterocycles. The number of carbonyl (C=O) groups excluding carboxylic acids is 2. The first kappa shape index (κ1) is 19.7. The highest BCUT2D eigenvalue weighted by atomic mass is 16.4. The number of fused-ring (bicyclic) bond motifs is 1. The molecule has 0 aliphatic carbocycles. The van der Waals surface area contributed by atoms with E-state index in [4.69, 9.17) is 0 Å². The fourth-order valence-electron chi connectivity index (χ4n) is 3.52. The van der Waals surface area contributed by atoms with E-state index in [-0.39, 0.29) is 18.9 Å². The van der Waals surface area contributed by atoms with Crippen LogP contribution in [0.15, 0.2) is 30.5 Å². The molecule has 150 valence electrons. The van der Waals surface area contributed by atoms with Crippen molar-refractivity contribution in [2.45, 2.75) is 38.1 Å². The van der Waals surface area contributed by atoms with Crippen molar-refractivity contribution in [2.75, 3.05) is 19.6 Å². The molecule has 1 aromatic heterocycles. The van der Waals surface area contributed by atoms with Gasteiger partial charge in [-0.05, 0) is 24.5 Å². The zero-order valence-electron chi connectivity index (χ0n) is 15.7. The predicted molar refractivity (Wildman–Crippen MR) is 105 cm³/mol. The number of aliphatic carboxylic acids is 1. The third-order valence-electron chi connectivity index (χ3n) is 5.06. The molecule has 1 fully saturated rings. The third kappa shape index (κ3) is 5.03. The average molecular weight is 386 g/mol. The lowest BCUT2D eigenvalue weighted by molar-refractivity contribution is -0.139. The lowest BCUT2D eigenvalue weighted by Crippen LogP contribution is -2.49. The molecule has 0 bridgehead atoms. The maximum Gasteiger partial charge on any atom is 0.326 e. The Kier molecular flexibility index (Phi) is 6.52. The highest BCUT2D eigenvalue weighted by molar-refractivity contribution is 5.88. The lowest BCUT2D eigenvalue weighted by atomic mass is 10.1. The Bertz CT molecular complexity index is 840. The zero-order valence-corrected chi connectivity index (χ0v) is 15.7. The van der Waals surface area contributed by atoms with Crippen molar-refractivity contribution in [1.82, 2.24) is 20.5 Å².